The van der Waals surface area contributed by atoms with Gasteiger partial charge in [0.05, 0.1) is 18.3 Å². The summed E-state index contributed by atoms with van der Waals surface area (Å²) in [7, 11) is 0. The second-order valence-electron chi connectivity index (χ2n) is 8.47. The van der Waals surface area contributed by atoms with E-state index in [2.05, 4.69) is 25.6 Å². The molecule has 5 rings (SSSR count). The number of tetrazole rings is 1. The zero-order chi connectivity index (χ0) is 24.2. The minimum absolute atomic E-state index is 0.0578. The number of aromatic amines is 1. The second kappa shape index (κ2) is 10.1. The van der Waals surface area contributed by atoms with E-state index in [1.54, 1.807) is 36.4 Å². The summed E-state index contributed by atoms with van der Waals surface area (Å²) in [6, 6.07) is 13.0. The van der Waals surface area contributed by atoms with Crippen molar-refractivity contribution in [3.05, 3.63) is 71.4 Å². The number of aryl methyl sites for hydroxylation is 1. The summed E-state index contributed by atoms with van der Waals surface area (Å²) in [4.78, 5) is 17.3. The van der Waals surface area contributed by atoms with Crippen LogP contribution in [0.3, 0.4) is 0 Å². The number of hydrogen-bond acceptors (Lipinski definition) is 8. The summed E-state index contributed by atoms with van der Waals surface area (Å²) in [6.45, 7) is 2.11. The molecule has 1 saturated carbocycles. The average Bonchev–Trinajstić information content (AvgIpc) is 3.54. The zero-order valence-corrected chi connectivity index (χ0v) is 19.1. The number of halogens is 1. The lowest BCUT2D eigenvalue weighted by molar-refractivity contribution is -0.0368. The van der Waals surface area contributed by atoms with E-state index < -0.39 is 5.97 Å². The van der Waals surface area contributed by atoms with E-state index in [4.69, 9.17) is 13.9 Å². The third-order valence-corrected chi connectivity index (χ3v) is 5.99. The van der Waals surface area contributed by atoms with Crippen molar-refractivity contribution < 1.29 is 23.1 Å². The minimum atomic E-state index is -0.391. The maximum absolute atomic E-state index is 13.2. The maximum atomic E-state index is 13.2. The van der Waals surface area contributed by atoms with Crippen LogP contribution in [0.4, 0.5) is 4.39 Å². The Morgan fingerprint density at radius 1 is 1.14 bits per heavy atom. The molecule has 2 aromatic carbocycles. The van der Waals surface area contributed by atoms with Crippen molar-refractivity contribution in [3.8, 4) is 22.8 Å². The standard InChI is InChI=1S/C25H24FN5O4/c1-15-22(27-24(34-15)16-8-10-19(26)11-9-16)14-33-20-6-3-7-21(13-20)35-25(32)18-5-2-4-17(12-18)23-28-30-31-29-23/h2,4-5,8-12,20-21H,3,6-7,13-14H2,1H3,(H,28,29,30,31)/t20-,21+/m0/s1. The molecule has 2 aromatic heterocycles. The number of rotatable bonds is 7. The topological polar surface area (TPSA) is 116 Å². The smallest absolute Gasteiger partial charge is 0.338 e. The zero-order valence-electron chi connectivity index (χ0n) is 19.1. The van der Waals surface area contributed by atoms with Gasteiger partial charge in [-0.2, -0.15) is 5.21 Å². The molecule has 2 atom stereocenters. The molecule has 10 heteroatoms. The van der Waals surface area contributed by atoms with Gasteiger partial charge >= 0.3 is 5.97 Å². The van der Waals surface area contributed by atoms with E-state index in [1.807, 2.05) is 6.92 Å². The van der Waals surface area contributed by atoms with E-state index in [0.717, 1.165) is 19.3 Å². The van der Waals surface area contributed by atoms with Crippen molar-refractivity contribution in [2.75, 3.05) is 0 Å². The highest BCUT2D eigenvalue weighted by atomic mass is 19.1. The Bertz CT molecular complexity index is 1290. The second-order valence-corrected chi connectivity index (χ2v) is 8.47. The fourth-order valence-electron chi connectivity index (χ4n) is 4.12. The van der Waals surface area contributed by atoms with Crippen LogP contribution in [-0.4, -0.2) is 43.8 Å². The Morgan fingerprint density at radius 3 is 2.77 bits per heavy atom. The molecule has 9 nitrogen and oxygen atoms in total. The van der Waals surface area contributed by atoms with Crippen molar-refractivity contribution in [3.63, 3.8) is 0 Å². The van der Waals surface area contributed by atoms with Crippen LogP contribution < -0.4 is 0 Å². The number of H-pyrrole nitrogens is 1. The first-order valence-electron chi connectivity index (χ1n) is 11.4. The number of esters is 1. The van der Waals surface area contributed by atoms with Gasteiger partial charge in [-0.1, -0.05) is 12.1 Å². The van der Waals surface area contributed by atoms with Crippen LogP contribution in [0.1, 0.15) is 47.5 Å². The molecule has 0 aliphatic heterocycles. The predicted octanol–water partition coefficient (Wildman–Crippen LogP) is 4.65. The highest BCUT2D eigenvalue weighted by molar-refractivity contribution is 5.90. The van der Waals surface area contributed by atoms with Gasteiger partial charge in [-0.3, -0.25) is 0 Å². The highest BCUT2D eigenvalue weighted by Crippen LogP contribution is 2.27. The van der Waals surface area contributed by atoms with Gasteiger partial charge in [0.25, 0.3) is 0 Å². The molecule has 1 aliphatic carbocycles. The van der Waals surface area contributed by atoms with Crippen molar-refractivity contribution in [2.45, 2.75) is 51.4 Å². The van der Waals surface area contributed by atoms with Crippen LogP contribution in [0.2, 0.25) is 0 Å². The van der Waals surface area contributed by atoms with Gasteiger partial charge in [-0.25, -0.2) is 14.2 Å². The summed E-state index contributed by atoms with van der Waals surface area (Å²) >= 11 is 0. The third-order valence-electron chi connectivity index (χ3n) is 5.99. The molecule has 2 heterocycles. The largest absolute Gasteiger partial charge is 0.459 e. The number of nitrogens with one attached hydrogen (secondary N) is 1. The predicted molar refractivity (Wildman–Crippen MR) is 122 cm³/mol. The molecule has 0 bridgehead atoms. The molecule has 35 heavy (non-hydrogen) atoms. The van der Waals surface area contributed by atoms with Crippen LogP contribution in [0, 0.1) is 12.7 Å². The van der Waals surface area contributed by atoms with E-state index in [1.165, 1.54) is 12.1 Å². The quantitative estimate of drug-likeness (QED) is 0.382. The molecule has 0 spiro atoms. The normalized spacial score (nSPS) is 17.9. The van der Waals surface area contributed by atoms with Crippen molar-refractivity contribution in [1.29, 1.82) is 0 Å². The van der Waals surface area contributed by atoms with Crippen molar-refractivity contribution >= 4 is 5.97 Å². The minimum Gasteiger partial charge on any atom is -0.459 e. The van der Waals surface area contributed by atoms with Crippen molar-refractivity contribution in [1.82, 2.24) is 25.6 Å². The molecule has 1 aliphatic rings. The summed E-state index contributed by atoms with van der Waals surface area (Å²) in [5.74, 6) is 0.797. The molecule has 0 saturated heterocycles. The first kappa shape index (κ1) is 22.9. The molecule has 0 amide bonds. The number of hydrogen-bond donors (Lipinski definition) is 1. The number of benzene rings is 2. The van der Waals surface area contributed by atoms with Gasteiger partial charge in [0.1, 0.15) is 23.4 Å². The van der Waals surface area contributed by atoms with Crippen LogP contribution in [-0.2, 0) is 16.1 Å². The van der Waals surface area contributed by atoms with Crippen LogP contribution in [0.5, 0.6) is 0 Å². The average molecular weight is 477 g/mol. The summed E-state index contributed by atoms with van der Waals surface area (Å²) < 4.78 is 30.8. The molecule has 1 fully saturated rings. The summed E-state index contributed by atoms with van der Waals surface area (Å²) in [5, 5.41) is 13.8. The first-order valence-corrected chi connectivity index (χ1v) is 11.4. The van der Waals surface area contributed by atoms with Crippen molar-refractivity contribution in [2.24, 2.45) is 0 Å². The number of aromatic nitrogens is 5. The Labute approximate surface area is 200 Å². The van der Waals surface area contributed by atoms with Gasteiger partial charge in [-0.05, 0) is 67.8 Å². The Kier molecular flexibility index (Phi) is 6.62. The summed E-state index contributed by atoms with van der Waals surface area (Å²) in [5.41, 5.74) is 2.51. The summed E-state index contributed by atoms with van der Waals surface area (Å²) in [6.07, 6.45) is 2.87. The molecular formula is C25H24FN5O4. The monoisotopic (exact) mass is 477 g/mol. The Balaban J connectivity index is 1.17. The van der Waals surface area contributed by atoms with Gasteiger partial charge in [0, 0.05) is 17.5 Å². The Morgan fingerprint density at radius 2 is 1.97 bits per heavy atom. The van der Waals surface area contributed by atoms with Gasteiger partial charge in [-0.15, -0.1) is 10.2 Å². The number of oxazole rings is 1. The van der Waals surface area contributed by atoms with E-state index in [0.29, 0.717) is 46.3 Å². The SMILES string of the molecule is Cc1oc(-c2ccc(F)cc2)nc1CO[C@H]1CCC[C@@H](OC(=O)c2cccc(-c3nn[nH]n3)c2)C1. The lowest BCUT2D eigenvalue weighted by atomic mass is 9.94. The number of carbonyl (C=O) groups excluding carboxylic acids is 1. The molecule has 0 radical (unpaired) electrons. The van der Waals surface area contributed by atoms with Gasteiger partial charge in [0.15, 0.2) is 0 Å². The molecule has 180 valence electrons. The lowest BCUT2D eigenvalue weighted by Gasteiger charge is -2.28. The number of carbonyl (C=O) groups is 1. The molecule has 1 N–H and O–H groups in total. The highest BCUT2D eigenvalue weighted by Gasteiger charge is 2.27. The van der Waals surface area contributed by atoms with Crippen LogP contribution in [0.15, 0.2) is 52.9 Å². The Hall–Kier alpha value is -3.92. The van der Waals surface area contributed by atoms with E-state index >= 15 is 0 Å². The van der Waals surface area contributed by atoms with Crippen LogP contribution in [0.25, 0.3) is 22.8 Å². The first-order chi connectivity index (χ1) is 17.0. The lowest BCUT2D eigenvalue weighted by Crippen LogP contribution is -2.30. The van der Waals surface area contributed by atoms with Gasteiger partial charge < -0.3 is 13.9 Å². The molecule has 0 unspecified atom stereocenters. The maximum Gasteiger partial charge on any atom is 0.338 e. The number of nitrogens with zero attached hydrogens (tertiary/aromatic N) is 4. The van der Waals surface area contributed by atoms with E-state index in [9.17, 15) is 9.18 Å². The fraction of sp³-hybridized carbons (Fsp3) is 0.320. The van der Waals surface area contributed by atoms with E-state index in [-0.39, 0.29) is 24.6 Å². The molecule has 4 aromatic rings. The third kappa shape index (κ3) is 5.43. The fourth-order valence-corrected chi connectivity index (χ4v) is 4.12. The molecular weight excluding hydrogens is 453 g/mol. The number of ether oxygens (including phenoxy) is 2. The van der Waals surface area contributed by atoms with Crippen LogP contribution >= 0.6 is 0 Å². The van der Waals surface area contributed by atoms with Gasteiger partial charge in [0.2, 0.25) is 11.7 Å².